The van der Waals surface area contributed by atoms with Crippen LogP contribution in [0.1, 0.15) is 44.2 Å². The SMILES string of the molecule is CCCCNC(=O)[C@@H](CC)N(Cc1ccccc1C)C(=O)CN(C)S(=O)(=O)c1ccc2ccccc2c1. The van der Waals surface area contributed by atoms with Crippen molar-refractivity contribution in [1.82, 2.24) is 14.5 Å². The van der Waals surface area contributed by atoms with Crippen molar-refractivity contribution >= 4 is 32.6 Å². The van der Waals surface area contributed by atoms with Crippen LogP contribution < -0.4 is 5.32 Å². The Hall–Kier alpha value is -3.23. The molecule has 0 saturated heterocycles. The standard InChI is InChI=1S/C29H37N3O4S/c1-5-7-18-30-29(34)27(6-2)32(20-25-15-9-8-12-22(25)3)28(33)21-31(4)37(35,36)26-17-16-23-13-10-11-14-24(23)19-26/h8-17,19,27H,5-7,18,20-21H2,1-4H3,(H,30,34)/t27-/m1/s1. The second-order valence-electron chi connectivity index (χ2n) is 9.29. The molecule has 0 heterocycles. The van der Waals surface area contributed by atoms with E-state index in [1.165, 1.54) is 11.9 Å². The molecule has 0 aliphatic carbocycles. The van der Waals surface area contributed by atoms with Gasteiger partial charge in [-0.2, -0.15) is 4.31 Å². The molecule has 198 valence electrons. The molecule has 0 unspecified atom stereocenters. The van der Waals surface area contributed by atoms with Crippen molar-refractivity contribution in [3.8, 4) is 0 Å². The number of hydrogen-bond donors (Lipinski definition) is 1. The van der Waals surface area contributed by atoms with Crippen molar-refractivity contribution in [2.24, 2.45) is 0 Å². The van der Waals surface area contributed by atoms with E-state index >= 15 is 0 Å². The Kier molecular flexibility index (Phi) is 9.83. The lowest BCUT2D eigenvalue weighted by atomic mass is 10.1. The fourth-order valence-electron chi connectivity index (χ4n) is 4.27. The number of unbranched alkanes of at least 4 members (excludes halogenated alkanes) is 1. The number of nitrogens with one attached hydrogen (secondary N) is 1. The predicted octanol–water partition coefficient (Wildman–Crippen LogP) is 4.49. The second kappa shape index (κ2) is 12.8. The van der Waals surface area contributed by atoms with E-state index in [2.05, 4.69) is 5.32 Å². The number of likely N-dealkylation sites (N-methyl/N-ethyl adjacent to an activating group) is 1. The van der Waals surface area contributed by atoms with E-state index < -0.39 is 22.0 Å². The first-order chi connectivity index (χ1) is 17.7. The third-order valence-corrected chi connectivity index (χ3v) is 8.40. The number of carbonyl (C=O) groups is 2. The summed E-state index contributed by atoms with van der Waals surface area (Å²) >= 11 is 0. The van der Waals surface area contributed by atoms with Crippen LogP contribution in [0.15, 0.2) is 71.6 Å². The molecule has 0 radical (unpaired) electrons. The smallest absolute Gasteiger partial charge is 0.243 e. The number of sulfonamides is 1. The van der Waals surface area contributed by atoms with Gasteiger partial charge in [-0.15, -0.1) is 0 Å². The Balaban J connectivity index is 1.87. The average molecular weight is 524 g/mol. The Bertz CT molecular complexity index is 1340. The molecule has 0 aromatic heterocycles. The van der Waals surface area contributed by atoms with Crippen LogP contribution in [0, 0.1) is 6.92 Å². The third-order valence-electron chi connectivity index (χ3n) is 6.60. The van der Waals surface area contributed by atoms with E-state index in [0.717, 1.165) is 39.0 Å². The van der Waals surface area contributed by atoms with Crippen molar-refractivity contribution < 1.29 is 18.0 Å². The lowest BCUT2D eigenvalue weighted by Gasteiger charge is -2.32. The lowest BCUT2D eigenvalue weighted by molar-refractivity contribution is -0.141. The molecule has 1 N–H and O–H groups in total. The van der Waals surface area contributed by atoms with Gasteiger partial charge in [-0.3, -0.25) is 9.59 Å². The second-order valence-corrected chi connectivity index (χ2v) is 11.3. The molecule has 2 amide bonds. The van der Waals surface area contributed by atoms with Crippen molar-refractivity contribution in [3.63, 3.8) is 0 Å². The maximum Gasteiger partial charge on any atom is 0.243 e. The molecule has 3 rings (SSSR count). The zero-order valence-corrected chi connectivity index (χ0v) is 22.9. The first-order valence-electron chi connectivity index (χ1n) is 12.8. The van der Waals surface area contributed by atoms with Crippen LogP contribution in [-0.2, 0) is 26.2 Å². The largest absolute Gasteiger partial charge is 0.354 e. The van der Waals surface area contributed by atoms with Crippen molar-refractivity contribution in [3.05, 3.63) is 77.9 Å². The first kappa shape index (κ1) is 28.3. The highest BCUT2D eigenvalue weighted by molar-refractivity contribution is 7.89. The van der Waals surface area contributed by atoms with Gasteiger partial charge in [-0.25, -0.2) is 8.42 Å². The summed E-state index contributed by atoms with van der Waals surface area (Å²) in [6.07, 6.45) is 2.21. The minimum Gasteiger partial charge on any atom is -0.354 e. The van der Waals surface area contributed by atoms with Crippen LogP contribution in [0.5, 0.6) is 0 Å². The molecule has 0 saturated carbocycles. The first-order valence-corrected chi connectivity index (χ1v) is 14.2. The molecule has 0 bridgehead atoms. The molecule has 37 heavy (non-hydrogen) atoms. The van der Waals surface area contributed by atoms with E-state index in [4.69, 9.17) is 0 Å². The van der Waals surface area contributed by atoms with E-state index in [1.54, 1.807) is 18.2 Å². The van der Waals surface area contributed by atoms with Gasteiger partial charge in [-0.1, -0.05) is 74.9 Å². The Labute approximate surface area is 220 Å². The number of carbonyl (C=O) groups excluding carboxylic acids is 2. The van der Waals surface area contributed by atoms with Crippen LogP contribution in [0.3, 0.4) is 0 Å². The highest BCUT2D eigenvalue weighted by Crippen LogP contribution is 2.22. The van der Waals surface area contributed by atoms with Gasteiger partial charge < -0.3 is 10.2 Å². The monoisotopic (exact) mass is 523 g/mol. The van der Waals surface area contributed by atoms with Gasteiger partial charge in [0.15, 0.2) is 0 Å². The van der Waals surface area contributed by atoms with Crippen LogP contribution in [0.25, 0.3) is 10.8 Å². The van der Waals surface area contributed by atoms with Crippen LogP contribution in [-0.4, -0.2) is 55.6 Å². The fourth-order valence-corrected chi connectivity index (χ4v) is 5.43. The van der Waals surface area contributed by atoms with E-state index in [1.807, 2.05) is 69.3 Å². The average Bonchev–Trinajstić information content (AvgIpc) is 2.89. The fraction of sp³-hybridized carbons (Fsp3) is 0.379. The number of amides is 2. The molecular formula is C29H37N3O4S. The van der Waals surface area contributed by atoms with Crippen LogP contribution in [0.4, 0.5) is 0 Å². The summed E-state index contributed by atoms with van der Waals surface area (Å²) in [6, 6.07) is 19.4. The Morgan fingerprint density at radius 1 is 0.946 bits per heavy atom. The van der Waals surface area contributed by atoms with E-state index in [9.17, 15) is 18.0 Å². The van der Waals surface area contributed by atoms with Gasteiger partial charge in [0.25, 0.3) is 0 Å². The zero-order chi connectivity index (χ0) is 27.0. The minimum absolute atomic E-state index is 0.122. The summed E-state index contributed by atoms with van der Waals surface area (Å²) in [6.45, 7) is 6.24. The molecule has 8 heteroatoms. The molecule has 0 spiro atoms. The number of hydrogen-bond acceptors (Lipinski definition) is 4. The molecule has 3 aromatic rings. The molecule has 0 aliphatic heterocycles. The normalized spacial score (nSPS) is 12.5. The summed E-state index contributed by atoms with van der Waals surface area (Å²) in [5.74, 6) is -0.648. The number of rotatable bonds is 12. The molecule has 7 nitrogen and oxygen atoms in total. The lowest BCUT2D eigenvalue weighted by Crippen LogP contribution is -2.51. The number of nitrogens with zero attached hydrogens (tertiary/aromatic N) is 2. The summed E-state index contributed by atoms with van der Waals surface area (Å²) in [5.41, 5.74) is 1.91. The van der Waals surface area contributed by atoms with Gasteiger partial charge in [0.2, 0.25) is 21.8 Å². The highest BCUT2D eigenvalue weighted by atomic mass is 32.2. The van der Waals surface area contributed by atoms with Crippen LogP contribution >= 0.6 is 0 Å². The Morgan fingerprint density at radius 3 is 2.30 bits per heavy atom. The summed E-state index contributed by atoms with van der Waals surface area (Å²) in [5, 5.41) is 4.67. The quantitative estimate of drug-likeness (QED) is 0.354. The predicted molar refractivity (Wildman–Crippen MR) is 147 cm³/mol. The maximum absolute atomic E-state index is 13.6. The summed E-state index contributed by atoms with van der Waals surface area (Å²) < 4.78 is 27.8. The highest BCUT2D eigenvalue weighted by Gasteiger charge is 2.32. The van der Waals surface area contributed by atoms with E-state index in [-0.39, 0.29) is 23.9 Å². The van der Waals surface area contributed by atoms with Gasteiger partial charge in [0.05, 0.1) is 11.4 Å². The van der Waals surface area contributed by atoms with Crippen molar-refractivity contribution in [2.75, 3.05) is 20.1 Å². The third kappa shape index (κ3) is 6.96. The number of fused-ring (bicyclic) bond motifs is 1. The van der Waals surface area contributed by atoms with Gasteiger partial charge in [0, 0.05) is 20.1 Å². The van der Waals surface area contributed by atoms with Crippen LogP contribution in [0.2, 0.25) is 0 Å². The topological polar surface area (TPSA) is 86.8 Å². The summed E-state index contributed by atoms with van der Waals surface area (Å²) in [4.78, 5) is 28.3. The van der Waals surface area contributed by atoms with Gasteiger partial charge in [-0.05, 0) is 53.8 Å². The van der Waals surface area contributed by atoms with E-state index in [0.29, 0.717) is 13.0 Å². The van der Waals surface area contributed by atoms with Crippen molar-refractivity contribution in [2.45, 2.75) is 57.5 Å². The maximum atomic E-state index is 13.6. The van der Waals surface area contributed by atoms with Gasteiger partial charge >= 0.3 is 0 Å². The molecule has 0 fully saturated rings. The number of benzene rings is 3. The molecule has 3 aromatic carbocycles. The number of aryl methyl sites for hydroxylation is 1. The summed E-state index contributed by atoms with van der Waals surface area (Å²) in [7, 11) is -2.53. The van der Waals surface area contributed by atoms with Gasteiger partial charge in [0.1, 0.15) is 6.04 Å². The Morgan fingerprint density at radius 2 is 1.62 bits per heavy atom. The molecular weight excluding hydrogens is 486 g/mol. The van der Waals surface area contributed by atoms with Crippen molar-refractivity contribution in [1.29, 1.82) is 0 Å². The zero-order valence-electron chi connectivity index (χ0n) is 22.1. The minimum atomic E-state index is -3.93. The molecule has 0 aliphatic rings. The molecule has 1 atom stereocenters.